The molecule has 6 heteroatoms. The van der Waals surface area contributed by atoms with Crippen molar-refractivity contribution < 1.29 is 23.8 Å². The Morgan fingerprint density at radius 1 is 1.11 bits per heavy atom. The van der Waals surface area contributed by atoms with Crippen LogP contribution in [0.1, 0.15) is 34.3 Å². The Morgan fingerprint density at radius 2 is 1.96 bits per heavy atom. The van der Waals surface area contributed by atoms with Crippen molar-refractivity contribution >= 4 is 18.0 Å². The van der Waals surface area contributed by atoms with E-state index in [0.29, 0.717) is 30.2 Å². The van der Waals surface area contributed by atoms with E-state index in [4.69, 9.17) is 14.2 Å². The normalized spacial score (nSPS) is 22.6. The van der Waals surface area contributed by atoms with Crippen LogP contribution in [0.3, 0.4) is 0 Å². The second-order valence-electron chi connectivity index (χ2n) is 7.24. The number of fused-ring (bicyclic) bond motifs is 3. The van der Waals surface area contributed by atoms with E-state index >= 15 is 0 Å². The number of rotatable bonds is 2. The summed E-state index contributed by atoms with van der Waals surface area (Å²) in [6, 6.07) is 13.0. The first-order valence-electron chi connectivity index (χ1n) is 9.34. The van der Waals surface area contributed by atoms with Gasteiger partial charge in [-0.25, -0.2) is 4.79 Å². The SMILES string of the molecule is O=C1OC2(CCCN(C(=O)/C=C/c3ccc4c(c3)OCO4)C2)c2ccccc21. The molecule has 1 spiro atoms. The predicted octanol–water partition coefficient (Wildman–Crippen LogP) is 3.12. The first-order chi connectivity index (χ1) is 13.6. The lowest BCUT2D eigenvalue weighted by Gasteiger charge is -2.39. The molecule has 3 aliphatic rings. The van der Waals surface area contributed by atoms with Gasteiger partial charge in [-0.05, 0) is 42.7 Å². The average molecular weight is 377 g/mol. The highest BCUT2D eigenvalue weighted by molar-refractivity contribution is 5.95. The molecule has 1 atom stereocenters. The van der Waals surface area contributed by atoms with E-state index in [1.54, 1.807) is 23.1 Å². The number of benzene rings is 2. The molecular weight excluding hydrogens is 358 g/mol. The third kappa shape index (κ3) is 2.72. The van der Waals surface area contributed by atoms with Crippen molar-refractivity contribution in [2.75, 3.05) is 19.9 Å². The Hall–Kier alpha value is -3.28. The molecule has 6 nitrogen and oxygen atoms in total. The molecular formula is C22H19NO5. The molecule has 28 heavy (non-hydrogen) atoms. The van der Waals surface area contributed by atoms with E-state index in [9.17, 15) is 9.59 Å². The van der Waals surface area contributed by atoms with E-state index < -0.39 is 5.60 Å². The number of hydrogen-bond acceptors (Lipinski definition) is 5. The van der Waals surface area contributed by atoms with Crippen molar-refractivity contribution in [3.05, 3.63) is 65.2 Å². The third-order valence-corrected chi connectivity index (χ3v) is 5.51. The number of carbonyl (C=O) groups is 2. The Balaban J connectivity index is 1.34. The lowest BCUT2D eigenvalue weighted by atomic mass is 9.85. The zero-order chi connectivity index (χ0) is 19.1. The summed E-state index contributed by atoms with van der Waals surface area (Å²) in [5.41, 5.74) is 1.63. The van der Waals surface area contributed by atoms with Gasteiger partial charge in [0.05, 0.1) is 12.1 Å². The number of amides is 1. The molecule has 0 radical (unpaired) electrons. The summed E-state index contributed by atoms with van der Waals surface area (Å²) in [5, 5.41) is 0. The highest BCUT2D eigenvalue weighted by atomic mass is 16.7. The number of carbonyl (C=O) groups excluding carboxylic acids is 2. The quantitative estimate of drug-likeness (QED) is 0.594. The number of hydrogen-bond donors (Lipinski definition) is 0. The molecule has 0 aromatic heterocycles. The summed E-state index contributed by atoms with van der Waals surface area (Å²) in [4.78, 5) is 26.8. The van der Waals surface area contributed by atoms with Gasteiger partial charge < -0.3 is 19.1 Å². The van der Waals surface area contributed by atoms with Crippen molar-refractivity contribution in [2.24, 2.45) is 0 Å². The summed E-state index contributed by atoms with van der Waals surface area (Å²) in [6.45, 7) is 1.24. The van der Waals surface area contributed by atoms with Crippen LogP contribution in [0, 0.1) is 0 Å². The summed E-state index contributed by atoms with van der Waals surface area (Å²) in [5.74, 6) is 0.988. The molecule has 0 bridgehead atoms. The summed E-state index contributed by atoms with van der Waals surface area (Å²) < 4.78 is 16.4. The number of likely N-dealkylation sites (tertiary alicyclic amines) is 1. The van der Waals surface area contributed by atoms with Crippen molar-refractivity contribution in [3.8, 4) is 11.5 Å². The molecule has 0 saturated carbocycles. The monoisotopic (exact) mass is 377 g/mol. The van der Waals surface area contributed by atoms with Crippen LogP contribution in [-0.4, -0.2) is 36.7 Å². The minimum atomic E-state index is -0.728. The van der Waals surface area contributed by atoms with Gasteiger partial charge in [-0.1, -0.05) is 24.3 Å². The van der Waals surface area contributed by atoms with Crippen molar-refractivity contribution in [3.63, 3.8) is 0 Å². The van der Waals surface area contributed by atoms with Crippen LogP contribution < -0.4 is 9.47 Å². The minimum Gasteiger partial charge on any atom is -0.454 e. The Morgan fingerprint density at radius 3 is 2.89 bits per heavy atom. The smallest absolute Gasteiger partial charge is 0.339 e. The zero-order valence-corrected chi connectivity index (χ0v) is 15.2. The lowest BCUT2D eigenvalue weighted by molar-refractivity contribution is -0.133. The van der Waals surface area contributed by atoms with Gasteiger partial charge in [-0.15, -0.1) is 0 Å². The Kier molecular flexibility index (Phi) is 3.86. The minimum absolute atomic E-state index is 0.0998. The number of piperidine rings is 1. The van der Waals surface area contributed by atoms with E-state index in [1.807, 2.05) is 36.4 Å². The Bertz CT molecular complexity index is 998. The number of nitrogens with zero attached hydrogens (tertiary/aromatic N) is 1. The van der Waals surface area contributed by atoms with Gasteiger partial charge in [0.1, 0.15) is 0 Å². The zero-order valence-electron chi connectivity index (χ0n) is 15.2. The van der Waals surface area contributed by atoms with E-state index in [1.165, 1.54) is 0 Å². The van der Waals surface area contributed by atoms with Crippen LogP contribution >= 0.6 is 0 Å². The fraction of sp³-hybridized carbons (Fsp3) is 0.273. The van der Waals surface area contributed by atoms with Gasteiger partial charge in [0.2, 0.25) is 12.7 Å². The standard InChI is InChI=1S/C22H19NO5/c24-20(9-7-15-6-8-18-19(12-15)27-14-26-18)23-11-3-10-22(13-23)17-5-2-1-4-16(17)21(25)28-22/h1-2,4-9,12H,3,10-11,13-14H2/b9-7+. The Labute approximate surface area is 162 Å². The molecule has 0 N–H and O–H groups in total. The molecule has 1 saturated heterocycles. The van der Waals surface area contributed by atoms with Gasteiger partial charge in [0.15, 0.2) is 17.1 Å². The lowest BCUT2D eigenvalue weighted by Crippen LogP contribution is -2.48. The van der Waals surface area contributed by atoms with Gasteiger partial charge >= 0.3 is 5.97 Å². The molecule has 3 aliphatic heterocycles. The molecule has 2 aromatic rings. The van der Waals surface area contributed by atoms with Crippen molar-refractivity contribution in [1.82, 2.24) is 4.90 Å². The molecule has 5 rings (SSSR count). The van der Waals surface area contributed by atoms with Crippen LogP contribution in [0.5, 0.6) is 11.5 Å². The van der Waals surface area contributed by atoms with E-state index in [-0.39, 0.29) is 18.7 Å². The van der Waals surface area contributed by atoms with Gasteiger partial charge in [0.25, 0.3) is 0 Å². The molecule has 1 fully saturated rings. The fourth-order valence-electron chi connectivity index (χ4n) is 4.15. The largest absolute Gasteiger partial charge is 0.454 e. The maximum absolute atomic E-state index is 12.8. The molecule has 3 heterocycles. The number of ether oxygens (including phenoxy) is 3. The predicted molar refractivity (Wildman–Crippen MR) is 101 cm³/mol. The van der Waals surface area contributed by atoms with Crippen LogP contribution in [0.15, 0.2) is 48.5 Å². The van der Waals surface area contributed by atoms with Gasteiger partial charge in [-0.3, -0.25) is 4.79 Å². The first-order valence-corrected chi connectivity index (χ1v) is 9.34. The second-order valence-corrected chi connectivity index (χ2v) is 7.24. The van der Waals surface area contributed by atoms with Crippen molar-refractivity contribution in [2.45, 2.75) is 18.4 Å². The van der Waals surface area contributed by atoms with Gasteiger partial charge in [-0.2, -0.15) is 0 Å². The molecule has 1 unspecified atom stereocenters. The number of esters is 1. The molecule has 142 valence electrons. The maximum Gasteiger partial charge on any atom is 0.339 e. The van der Waals surface area contributed by atoms with Gasteiger partial charge in [0, 0.05) is 18.2 Å². The van der Waals surface area contributed by atoms with Crippen LogP contribution in [-0.2, 0) is 15.1 Å². The molecule has 1 amide bonds. The highest BCUT2D eigenvalue weighted by Gasteiger charge is 2.48. The van der Waals surface area contributed by atoms with Crippen LogP contribution in [0.4, 0.5) is 0 Å². The molecule has 0 aliphatic carbocycles. The highest BCUT2D eigenvalue weighted by Crippen LogP contribution is 2.42. The topological polar surface area (TPSA) is 65.1 Å². The summed E-state index contributed by atoms with van der Waals surface area (Å²) in [6.07, 6.45) is 4.83. The third-order valence-electron chi connectivity index (χ3n) is 5.51. The molecule has 2 aromatic carbocycles. The van der Waals surface area contributed by atoms with E-state index in [0.717, 1.165) is 24.0 Å². The van der Waals surface area contributed by atoms with Crippen LogP contribution in [0.25, 0.3) is 6.08 Å². The second kappa shape index (κ2) is 6.41. The van der Waals surface area contributed by atoms with Crippen LogP contribution in [0.2, 0.25) is 0 Å². The fourth-order valence-corrected chi connectivity index (χ4v) is 4.15. The summed E-state index contributed by atoms with van der Waals surface area (Å²) >= 11 is 0. The average Bonchev–Trinajstić information content (AvgIpc) is 3.29. The summed E-state index contributed by atoms with van der Waals surface area (Å²) in [7, 11) is 0. The van der Waals surface area contributed by atoms with Crippen molar-refractivity contribution in [1.29, 1.82) is 0 Å². The maximum atomic E-state index is 12.8. The van der Waals surface area contributed by atoms with E-state index in [2.05, 4.69) is 0 Å². The first kappa shape index (κ1) is 16.9.